The van der Waals surface area contributed by atoms with Gasteiger partial charge in [0.15, 0.2) is 0 Å². The predicted octanol–water partition coefficient (Wildman–Crippen LogP) is 1.78. The zero-order valence-corrected chi connectivity index (χ0v) is 10.3. The molecule has 3 nitrogen and oxygen atoms in total. The summed E-state index contributed by atoms with van der Waals surface area (Å²) in [7, 11) is 0. The van der Waals surface area contributed by atoms with Gasteiger partial charge in [0.1, 0.15) is 0 Å². The molecule has 2 atom stereocenters. The van der Waals surface area contributed by atoms with Gasteiger partial charge in [-0.05, 0) is 45.7 Å². The minimum Gasteiger partial charge on any atom is -0.352 e. The van der Waals surface area contributed by atoms with Crippen molar-refractivity contribution >= 4 is 5.91 Å². The number of likely N-dealkylation sites (tertiary alicyclic amines) is 1. The third-order valence-electron chi connectivity index (χ3n) is 3.18. The van der Waals surface area contributed by atoms with E-state index in [0.717, 1.165) is 32.4 Å². The molecule has 1 heterocycles. The summed E-state index contributed by atoms with van der Waals surface area (Å²) in [5.74, 6) is 0.232. The molecule has 1 saturated heterocycles. The highest BCUT2D eigenvalue weighted by Gasteiger charge is 2.30. The number of carbonyl (C=O) groups is 1. The summed E-state index contributed by atoms with van der Waals surface area (Å²) in [4.78, 5) is 14.3. The molecule has 0 aliphatic carbocycles. The molecule has 15 heavy (non-hydrogen) atoms. The molecule has 0 spiro atoms. The molecule has 0 aromatic rings. The van der Waals surface area contributed by atoms with E-state index < -0.39 is 0 Å². The Balaban J connectivity index is 2.43. The fraction of sp³-hybridized carbons (Fsp3) is 0.917. The first-order chi connectivity index (χ1) is 7.19. The van der Waals surface area contributed by atoms with E-state index in [2.05, 4.69) is 31.0 Å². The molecule has 0 saturated carbocycles. The third kappa shape index (κ3) is 3.49. The van der Waals surface area contributed by atoms with Crippen LogP contribution in [0.2, 0.25) is 0 Å². The lowest BCUT2D eigenvalue weighted by Gasteiger charge is -2.24. The van der Waals surface area contributed by atoms with Gasteiger partial charge in [0.2, 0.25) is 5.91 Å². The van der Waals surface area contributed by atoms with Crippen molar-refractivity contribution in [2.24, 2.45) is 0 Å². The average molecular weight is 212 g/mol. The van der Waals surface area contributed by atoms with Crippen molar-refractivity contribution in [1.82, 2.24) is 10.2 Å². The van der Waals surface area contributed by atoms with Gasteiger partial charge >= 0.3 is 0 Å². The zero-order valence-electron chi connectivity index (χ0n) is 10.3. The first-order valence-electron chi connectivity index (χ1n) is 6.23. The van der Waals surface area contributed by atoms with Crippen LogP contribution >= 0.6 is 0 Å². The Kier molecular flexibility index (Phi) is 5.09. The molecule has 1 fully saturated rings. The molecule has 1 N–H and O–H groups in total. The number of hydrogen-bond acceptors (Lipinski definition) is 2. The minimum absolute atomic E-state index is 0.138. The van der Waals surface area contributed by atoms with Crippen LogP contribution in [0.25, 0.3) is 0 Å². The van der Waals surface area contributed by atoms with Gasteiger partial charge in [0.05, 0.1) is 6.04 Å². The molecule has 1 aliphatic rings. The van der Waals surface area contributed by atoms with Crippen molar-refractivity contribution in [2.45, 2.75) is 58.5 Å². The Morgan fingerprint density at radius 3 is 2.87 bits per heavy atom. The average Bonchev–Trinajstić information content (AvgIpc) is 2.66. The van der Waals surface area contributed by atoms with E-state index in [0.29, 0.717) is 6.04 Å². The van der Waals surface area contributed by atoms with Crippen molar-refractivity contribution in [1.29, 1.82) is 0 Å². The zero-order chi connectivity index (χ0) is 11.3. The Morgan fingerprint density at radius 2 is 2.27 bits per heavy atom. The summed E-state index contributed by atoms with van der Waals surface area (Å²) < 4.78 is 0. The lowest BCUT2D eigenvalue weighted by molar-refractivity contribution is -0.126. The second-order valence-corrected chi connectivity index (χ2v) is 4.51. The monoisotopic (exact) mass is 212 g/mol. The summed E-state index contributed by atoms with van der Waals surface area (Å²) in [6, 6.07) is 0.445. The Bertz CT molecular complexity index is 206. The van der Waals surface area contributed by atoms with Crippen molar-refractivity contribution in [3.05, 3.63) is 0 Å². The van der Waals surface area contributed by atoms with Gasteiger partial charge in [0, 0.05) is 6.04 Å². The normalized spacial score (nSPS) is 24.1. The van der Waals surface area contributed by atoms with Crippen LogP contribution in [-0.2, 0) is 4.79 Å². The maximum absolute atomic E-state index is 11.9. The first-order valence-corrected chi connectivity index (χ1v) is 6.23. The molecule has 3 heteroatoms. The molecule has 88 valence electrons. The summed E-state index contributed by atoms with van der Waals surface area (Å²) >= 11 is 0. The van der Waals surface area contributed by atoms with Gasteiger partial charge in [-0.25, -0.2) is 0 Å². The van der Waals surface area contributed by atoms with Crippen LogP contribution in [0.4, 0.5) is 0 Å². The highest BCUT2D eigenvalue weighted by atomic mass is 16.2. The topological polar surface area (TPSA) is 32.3 Å². The Hall–Kier alpha value is -0.570. The summed E-state index contributed by atoms with van der Waals surface area (Å²) in [6.07, 6.45) is 4.33. The SMILES string of the molecule is CCCN1CCC[C@H]1C(=O)NC(C)CC. The van der Waals surface area contributed by atoms with Gasteiger partial charge in [-0.1, -0.05) is 13.8 Å². The molecule has 1 aliphatic heterocycles. The van der Waals surface area contributed by atoms with Crippen LogP contribution in [0, 0.1) is 0 Å². The van der Waals surface area contributed by atoms with Crippen LogP contribution in [0.5, 0.6) is 0 Å². The van der Waals surface area contributed by atoms with E-state index in [1.54, 1.807) is 0 Å². The van der Waals surface area contributed by atoms with E-state index >= 15 is 0 Å². The Labute approximate surface area is 93.2 Å². The fourth-order valence-corrected chi connectivity index (χ4v) is 2.12. The highest BCUT2D eigenvalue weighted by Crippen LogP contribution is 2.17. The van der Waals surface area contributed by atoms with Gasteiger partial charge in [-0.3, -0.25) is 9.69 Å². The maximum Gasteiger partial charge on any atom is 0.237 e. The van der Waals surface area contributed by atoms with Crippen LogP contribution in [0.15, 0.2) is 0 Å². The number of nitrogens with zero attached hydrogens (tertiary/aromatic N) is 1. The summed E-state index contributed by atoms with van der Waals surface area (Å²) in [6.45, 7) is 8.48. The smallest absolute Gasteiger partial charge is 0.237 e. The van der Waals surface area contributed by atoms with Crippen LogP contribution in [-0.4, -0.2) is 36.0 Å². The second-order valence-electron chi connectivity index (χ2n) is 4.51. The van der Waals surface area contributed by atoms with Crippen LogP contribution < -0.4 is 5.32 Å². The highest BCUT2D eigenvalue weighted by molar-refractivity contribution is 5.82. The third-order valence-corrected chi connectivity index (χ3v) is 3.18. The molecule has 1 amide bonds. The van der Waals surface area contributed by atoms with Gasteiger partial charge in [-0.15, -0.1) is 0 Å². The minimum atomic E-state index is 0.138. The number of nitrogens with one attached hydrogen (secondary N) is 1. The van der Waals surface area contributed by atoms with E-state index in [1.807, 2.05) is 0 Å². The van der Waals surface area contributed by atoms with Gasteiger partial charge < -0.3 is 5.32 Å². The predicted molar refractivity (Wildman–Crippen MR) is 62.8 cm³/mol. The van der Waals surface area contributed by atoms with E-state index in [4.69, 9.17) is 0 Å². The number of hydrogen-bond donors (Lipinski definition) is 1. The van der Waals surface area contributed by atoms with Crippen molar-refractivity contribution in [2.75, 3.05) is 13.1 Å². The molecule has 0 aromatic carbocycles. The lowest BCUT2D eigenvalue weighted by atomic mass is 10.1. The number of amides is 1. The maximum atomic E-state index is 11.9. The largest absolute Gasteiger partial charge is 0.352 e. The number of rotatable bonds is 5. The second kappa shape index (κ2) is 6.11. The standard InChI is InChI=1S/C12H24N2O/c1-4-8-14-9-6-7-11(14)12(15)13-10(3)5-2/h10-11H,4-9H2,1-3H3,(H,13,15)/t10?,11-/m0/s1. The van der Waals surface area contributed by atoms with Crippen LogP contribution in [0.3, 0.4) is 0 Å². The Morgan fingerprint density at radius 1 is 1.53 bits per heavy atom. The van der Waals surface area contributed by atoms with Crippen molar-refractivity contribution in [3.63, 3.8) is 0 Å². The molecule has 0 radical (unpaired) electrons. The fourth-order valence-electron chi connectivity index (χ4n) is 2.12. The molecule has 1 unspecified atom stereocenters. The van der Waals surface area contributed by atoms with Gasteiger partial charge in [-0.2, -0.15) is 0 Å². The molecule has 0 bridgehead atoms. The molecular formula is C12H24N2O. The summed E-state index contributed by atoms with van der Waals surface area (Å²) in [5.41, 5.74) is 0. The van der Waals surface area contributed by atoms with E-state index in [-0.39, 0.29) is 11.9 Å². The number of carbonyl (C=O) groups excluding carboxylic acids is 1. The molecule has 1 rings (SSSR count). The van der Waals surface area contributed by atoms with Gasteiger partial charge in [0.25, 0.3) is 0 Å². The quantitative estimate of drug-likeness (QED) is 0.753. The molecule has 0 aromatic heterocycles. The van der Waals surface area contributed by atoms with Crippen LogP contribution in [0.1, 0.15) is 46.5 Å². The summed E-state index contributed by atoms with van der Waals surface area (Å²) in [5, 5.41) is 3.08. The van der Waals surface area contributed by atoms with E-state index in [1.165, 1.54) is 6.42 Å². The van der Waals surface area contributed by atoms with E-state index in [9.17, 15) is 4.79 Å². The van der Waals surface area contributed by atoms with Crippen molar-refractivity contribution < 1.29 is 4.79 Å². The molecular weight excluding hydrogens is 188 g/mol. The lowest BCUT2D eigenvalue weighted by Crippen LogP contribution is -2.46. The van der Waals surface area contributed by atoms with Crippen molar-refractivity contribution in [3.8, 4) is 0 Å². The first kappa shape index (κ1) is 12.5.